The minimum Gasteiger partial charge on any atom is -0.462 e. The first-order valence-electron chi connectivity index (χ1n) is 18.1. The molecule has 6 rings (SSSR count). The zero-order valence-corrected chi connectivity index (χ0v) is 27.6. The highest BCUT2D eigenvalue weighted by Crippen LogP contribution is 2.41. The second kappa shape index (κ2) is 14.3. The van der Waals surface area contributed by atoms with Crippen LogP contribution < -0.4 is 0 Å². The Hall–Kier alpha value is -2.42. The topological polar surface area (TPSA) is 93.3 Å². The molecule has 0 aromatic rings. The molecular formula is C35H56N6O3. The van der Waals surface area contributed by atoms with Crippen LogP contribution in [0.1, 0.15) is 143 Å². The molecule has 1 N–H and O–H groups in total. The number of esters is 1. The summed E-state index contributed by atoms with van der Waals surface area (Å²) in [6.45, 7) is 6.77. The molecule has 0 radical (unpaired) electrons. The van der Waals surface area contributed by atoms with Crippen LogP contribution >= 0.6 is 0 Å². The predicted octanol–water partition coefficient (Wildman–Crippen LogP) is 7.00. The van der Waals surface area contributed by atoms with E-state index < -0.39 is 0 Å². The molecule has 244 valence electrons. The monoisotopic (exact) mass is 608 g/mol. The Morgan fingerprint density at radius 2 is 1.52 bits per heavy atom. The van der Waals surface area contributed by atoms with Crippen molar-refractivity contribution in [3.63, 3.8) is 0 Å². The van der Waals surface area contributed by atoms with Gasteiger partial charge in [-0.2, -0.15) is 0 Å². The van der Waals surface area contributed by atoms with E-state index in [9.17, 15) is 10.0 Å². The van der Waals surface area contributed by atoms with E-state index in [-0.39, 0.29) is 12.0 Å². The summed E-state index contributed by atoms with van der Waals surface area (Å²) in [7, 11) is 0. The van der Waals surface area contributed by atoms with E-state index in [2.05, 4.69) is 23.6 Å². The smallest absolute Gasteiger partial charge is 0.341 e. The highest BCUT2D eigenvalue weighted by atomic mass is 16.5. The normalized spacial score (nSPS) is 30.6. The lowest BCUT2D eigenvalue weighted by Crippen LogP contribution is -2.59. The van der Waals surface area contributed by atoms with Crippen LogP contribution in [0.15, 0.2) is 26.2 Å². The Kier molecular flexibility index (Phi) is 10.3. The molecule has 3 fully saturated rings. The molecule has 0 aromatic carbocycles. The summed E-state index contributed by atoms with van der Waals surface area (Å²) in [5.74, 6) is 1.44. The molecule has 6 aliphatic rings. The second-order valence-electron chi connectivity index (χ2n) is 14.3. The summed E-state index contributed by atoms with van der Waals surface area (Å²) in [6.07, 6.45) is 21.8. The number of hydroxylamine groups is 2. The second-order valence-corrected chi connectivity index (χ2v) is 14.3. The zero-order chi connectivity index (χ0) is 30.6. The van der Waals surface area contributed by atoms with E-state index in [1.54, 1.807) is 0 Å². The van der Waals surface area contributed by atoms with Crippen molar-refractivity contribution >= 4 is 23.6 Å². The molecule has 0 bridgehead atoms. The number of unbranched alkanes of at least 4 members (excludes halogenated alkanes) is 8. The van der Waals surface area contributed by atoms with Gasteiger partial charge in [0, 0.05) is 23.8 Å². The minimum atomic E-state index is -0.214. The van der Waals surface area contributed by atoms with E-state index in [1.807, 2.05) is 6.92 Å². The number of hydrogen-bond acceptors (Lipinski definition) is 9. The van der Waals surface area contributed by atoms with E-state index in [0.29, 0.717) is 42.4 Å². The Bertz CT molecular complexity index is 1160. The van der Waals surface area contributed by atoms with Crippen LogP contribution in [-0.2, 0) is 9.53 Å². The minimum absolute atomic E-state index is 0.154. The fourth-order valence-corrected chi connectivity index (χ4v) is 8.69. The first kappa shape index (κ1) is 31.6. The van der Waals surface area contributed by atoms with E-state index >= 15 is 0 Å². The average molecular weight is 609 g/mol. The third-order valence-corrected chi connectivity index (χ3v) is 11.0. The third-order valence-electron chi connectivity index (χ3n) is 11.0. The Labute approximate surface area is 264 Å². The van der Waals surface area contributed by atoms with Gasteiger partial charge in [0.15, 0.2) is 0 Å². The SMILES string of the molecule is CCCCCCC[C@@H]1C[C@@H]2CCC3=C(C(=O)OCCCCCCC[C@@H]4C[C@@H]5CC[C@H]6C[C@@H](C)N(O)C(=N4)N56)C(C)=NC(=N1)N32. The molecule has 9 nitrogen and oxygen atoms in total. The number of allylic oxidation sites excluding steroid dienone is 1. The fourth-order valence-electron chi connectivity index (χ4n) is 8.69. The van der Waals surface area contributed by atoms with Gasteiger partial charge in [-0.1, -0.05) is 64.7 Å². The number of ether oxygens (including phenoxy) is 1. The van der Waals surface area contributed by atoms with Crippen molar-refractivity contribution < 1.29 is 14.7 Å². The van der Waals surface area contributed by atoms with Crippen LogP contribution in [0.5, 0.6) is 0 Å². The third kappa shape index (κ3) is 6.73. The van der Waals surface area contributed by atoms with Crippen LogP contribution in [0, 0.1) is 0 Å². The first-order chi connectivity index (χ1) is 21.4. The van der Waals surface area contributed by atoms with Gasteiger partial charge in [-0.3, -0.25) is 5.21 Å². The highest BCUT2D eigenvalue weighted by Gasteiger charge is 2.46. The van der Waals surface area contributed by atoms with Crippen molar-refractivity contribution in [2.24, 2.45) is 15.0 Å². The number of carbonyl (C=O) groups excluding carboxylic acids is 1. The molecule has 0 aromatic heterocycles. The van der Waals surface area contributed by atoms with Crippen LogP contribution in [0.3, 0.4) is 0 Å². The first-order valence-corrected chi connectivity index (χ1v) is 18.1. The van der Waals surface area contributed by atoms with Gasteiger partial charge >= 0.3 is 5.97 Å². The maximum atomic E-state index is 13.2. The number of nitrogens with zero attached hydrogens (tertiary/aromatic N) is 6. The molecule has 0 aliphatic carbocycles. The van der Waals surface area contributed by atoms with Crippen molar-refractivity contribution in [1.29, 1.82) is 0 Å². The van der Waals surface area contributed by atoms with Gasteiger partial charge in [-0.15, -0.1) is 0 Å². The quantitative estimate of drug-likeness (QED) is 0.159. The molecule has 6 heterocycles. The fraction of sp³-hybridized carbons (Fsp3) is 0.829. The molecule has 6 aliphatic heterocycles. The van der Waals surface area contributed by atoms with Crippen LogP contribution in [0.4, 0.5) is 0 Å². The molecule has 3 saturated heterocycles. The largest absolute Gasteiger partial charge is 0.462 e. The Balaban J connectivity index is 0.902. The van der Waals surface area contributed by atoms with Crippen LogP contribution in [-0.4, -0.2) is 86.5 Å². The van der Waals surface area contributed by atoms with Gasteiger partial charge in [0.2, 0.25) is 11.9 Å². The summed E-state index contributed by atoms with van der Waals surface area (Å²) in [4.78, 5) is 32.7. The Morgan fingerprint density at radius 1 is 0.864 bits per heavy atom. The Morgan fingerprint density at radius 3 is 2.30 bits per heavy atom. The van der Waals surface area contributed by atoms with Crippen molar-refractivity contribution in [1.82, 2.24) is 14.9 Å². The standard InChI is InChI=1S/C35H56N6O3/c1-4-5-6-8-11-14-26-22-30-18-19-31-32(25(3)36-34(37-26)40(30)31)33(42)44-20-13-10-7-9-12-15-27-23-29-17-16-28-21-24(2)41(43)35(38-27)39(28)29/h24,26-30,43H,4-23H2,1-3H3/t24-,26-,27-,28+,29+,30+/m1/s1. The van der Waals surface area contributed by atoms with Gasteiger partial charge in [0.25, 0.3) is 0 Å². The van der Waals surface area contributed by atoms with E-state index in [0.717, 1.165) is 94.0 Å². The summed E-state index contributed by atoms with van der Waals surface area (Å²) < 4.78 is 5.79. The molecule has 44 heavy (non-hydrogen) atoms. The van der Waals surface area contributed by atoms with Gasteiger partial charge in [-0.25, -0.2) is 24.8 Å². The molecule has 9 heteroatoms. The van der Waals surface area contributed by atoms with E-state index in [4.69, 9.17) is 19.7 Å². The molecule has 0 saturated carbocycles. The molecule has 0 unspecified atom stereocenters. The zero-order valence-electron chi connectivity index (χ0n) is 27.6. The lowest BCUT2D eigenvalue weighted by Gasteiger charge is -2.47. The number of carbonyl (C=O) groups is 1. The maximum absolute atomic E-state index is 13.2. The lowest BCUT2D eigenvalue weighted by atomic mass is 9.97. The average Bonchev–Trinajstić information content (AvgIpc) is 3.62. The predicted molar refractivity (Wildman–Crippen MR) is 175 cm³/mol. The summed E-state index contributed by atoms with van der Waals surface area (Å²) in [6, 6.07) is 2.37. The van der Waals surface area contributed by atoms with Gasteiger partial charge in [0.1, 0.15) is 5.57 Å². The van der Waals surface area contributed by atoms with Gasteiger partial charge < -0.3 is 14.5 Å². The number of rotatable bonds is 15. The van der Waals surface area contributed by atoms with Crippen LogP contribution in [0.25, 0.3) is 0 Å². The number of guanidine groups is 2. The van der Waals surface area contributed by atoms with Crippen molar-refractivity contribution in [2.45, 2.75) is 179 Å². The molecule has 6 atom stereocenters. The molecular weight excluding hydrogens is 552 g/mol. The van der Waals surface area contributed by atoms with E-state index in [1.165, 1.54) is 56.4 Å². The maximum Gasteiger partial charge on any atom is 0.341 e. The summed E-state index contributed by atoms with van der Waals surface area (Å²) >= 11 is 0. The van der Waals surface area contributed by atoms with Gasteiger partial charge in [0.05, 0.1) is 30.4 Å². The molecule has 0 spiro atoms. The van der Waals surface area contributed by atoms with Crippen LogP contribution in [0.2, 0.25) is 0 Å². The highest BCUT2D eigenvalue weighted by molar-refractivity contribution is 6.23. The number of hydrogen-bond donors (Lipinski definition) is 1. The summed E-state index contributed by atoms with van der Waals surface area (Å²) in [5.41, 5.74) is 2.53. The van der Waals surface area contributed by atoms with Crippen molar-refractivity contribution in [3.05, 3.63) is 11.3 Å². The lowest BCUT2D eigenvalue weighted by molar-refractivity contribution is -0.138. The van der Waals surface area contributed by atoms with Crippen molar-refractivity contribution in [2.75, 3.05) is 6.61 Å². The number of aliphatic imine (C=N–C) groups is 3. The van der Waals surface area contributed by atoms with Crippen molar-refractivity contribution in [3.8, 4) is 0 Å². The summed E-state index contributed by atoms with van der Waals surface area (Å²) in [5, 5.41) is 12.1. The molecule has 0 amide bonds. The van der Waals surface area contributed by atoms with Gasteiger partial charge in [-0.05, 0) is 78.1 Å².